The second-order valence-electron chi connectivity index (χ2n) is 6.22. The number of rotatable bonds is 4. The summed E-state index contributed by atoms with van der Waals surface area (Å²) in [6.45, 7) is 1.13. The van der Waals surface area contributed by atoms with Crippen molar-refractivity contribution in [1.82, 2.24) is 10.9 Å². The average Bonchev–Trinajstić information content (AvgIpc) is 3.06. The molecular formula is C18H23N3O2. The van der Waals surface area contributed by atoms with Gasteiger partial charge in [-0.05, 0) is 43.2 Å². The molecular weight excluding hydrogens is 290 g/mol. The van der Waals surface area contributed by atoms with Gasteiger partial charge in [0, 0.05) is 18.7 Å². The summed E-state index contributed by atoms with van der Waals surface area (Å²) in [6, 6.07) is 8.18. The Labute approximate surface area is 136 Å². The summed E-state index contributed by atoms with van der Waals surface area (Å²) in [6.07, 6.45) is 8.77. The highest BCUT2D eigenvalue weighted by Gasteiger charge is 2.19. The highest BCUT2D eigenvalue weighted by Crippen LogP contribution is 2.26. The smallest absolute Gasteiger partial charge is 0.257 e. The normalized spacial score (nSPS) is 19.3. The predicted molar refractivity (Wildman–Crippen MR) is 89.7 cm³/mol. The van der Waals surface area contributed by atoms with E-state index in [-0.39, 0.29) is 18.4 Å². The molecule has 3 rings (SSSR count). The third-order valence-corrected chi connectivity index (χ3v) is 4.44. The van der Waals surface area contributed by atoms with Crippen molar-refractivity contribution in [1.29, 1.82) is 0 Å². The Kier molecular flexibility index (Phi) is 4.95. The molecule has 1 aromatic rings. The fraction of sp³-hybridized carbons (Fsp3) is 0.444. The number of nitrogens with zero attached hydrogens (tertiary/aromatic N) is 1. The van der Waals surface area contributed by atoms with Crippen molar-refractivity contribution in [3.8, 4) is 0 Å². The molecule has 2 aliphatic rings. The molecule has 2 amide bonds. The molecule has 0 unspecified atom stereocenters. The zero-order valence-electron chi connectivity index (χ0n) is 13.3. The summed E-state index contributed by atoms with van der Waals surface area (Å²) < 4.78 is 0. The maximum Gasteiger partial charge on any atom is 0.257 e. The van der Waals surface area contributed by atoms with E-state index in [0.717, 1.165) is 37.9 Å². The van der Waals surface area contributed by atoms with E-state index in [1.54, 1.807) is 0 Å². The number of carbonyl (C=O) groups excluding carboxylic acids is 2. The van der Waals surface area contributed by atoms with E-state index in [1.807, 2.05) is 18.2 Å². The maximum atomic E-state index is 12.1. The van der Waals surface area contributed by atoms with Gasteiger partial charge in [0.25, 0.3) is 5.91 Å². The van der Waals surface area contributed by atoms with Gasteiger partial charge >= 0.3 is 0 Å². The van der Waals surface area contributed by atoms with Crippen molar-refractivity contribution < 1.29 is 9.59 Å². The van der Waals surface area contributed by atoms with Gasteiger partial charge in [-0.2, -0.15) is 0 Å². The van der Waals surface area contributed by atoms with Gasteiger partial charge in [-0.25, -0.2) is 0 Å². The Hall–Kier alpha value is -2.30. The lowest BCUT2D eigenvalue weighted by Gasteiger charge is -2.30. The number of hydrogen-bond acceptors (Lipinski definition) is 3. The minimum absolute atomic E-state index is 0.131. The molecule has 5 nitrogen and oxygen atoms in total. The SMILES string of the molecule is O=C(C[C@H]1C=CCC1)NNC(=O)CN1CCCc2ccccc21. The van der Waals surface area contributed by atoms with E-state index in [9.17, 15) is 9.59 Å². The first-order valence-corrected chi connectivity index (χ1v) is 8.29. The van der Waals surface area contributed by atoms with E-state index >= 15 is 0 Å². The van der Waals surface area contributed by atoms with Crippen LogP contribution in [-0.4, -0.2) is 24.9 Å². The monoisotopic (exact) mass is 313 g/mol. The van der Waals surface area contributed by atoms with Crippen LogP contribution in [0.2, 0.25) is 0 Å². The van der Waals surface area contributed by atoms with Gasteiger partial charge in [-0.1, -0.05) is 30.4 Å². The van der Waals surface area contributed by atoms with Crippen LogP contribution >= 0.6 is 0 Å². The number of carbonyl (C=O) groups is 2. The molecule has 1 heterocycles. The number of anilines is 1. The number of aryl methyl sites for hydroxylation is 1. The second-order valence-corrected chi connectivity index (χ2v) is 6.22. The molecule has 0 radical (unpaired) electrons. The highest BCUT2D eigenvalue weighted by molar-refractivity contribution is 5.85. The van der Waals surface area contributed by atoms with Crippen molar-refractivity contribution in [3.05, 3.63) is 42.0 Å². The first-order valence-electron chi connectivity index (χ1n) is 8.29. The standard InChI is InChI=1S/C18H23N3O2/c22-17(12-14-6-1-2-7-14)19-20-18(23)13-21-11-5-9-15-8-3-4-10-16(15)21/h1,3-4,6,8,10,14H,2,5,7,9,11-13H2,(H,19,22)(H,20,23)/t14-/m0/s1. The number of nitrogens with one attached hydrogen (secondary N) is 2. The van der Waals surface area contributed by atoms with Gasteiger partial charge in [-0.15, -0.1) is 0 Å². The lowest BCUT2D eigenvalue weighted by Crippen LogP contribution is -2.47. The lowest BCUT2D eigenvalue weighted by atomic mass is 10.0. The van der Waals surface area contributed by atoms with Gasteiger partial charge in [0.1, 0.15) is 0 Å². The number of fused-ring (bicyclic) bond motifs is 1. The van der Waals surface area contributed by atoms with Crippen LogP contribution in [-0.2, 0) is 16.0 Å². The molecule has 0 spiro atoms. The number of hydrogen-bond donors (Lipinski definition) is 2. The van der Waals surface area contributed by atoms with E-state index in [2.05, 4.69) is 34.0 Å². The molecule has 0 fully saturated rings. The zero-order chi connectivity index (χ0) is 16.1. The summed E-state index contributed by atoms with van der Waals surface area (Å²) in [5, 5.41) is 0. The first-order chi connectivity index (χ1) is 11.2. The van der Waals surface area contributed by atoms with Crippen LogP contribution < -0.4 is 15.8 Å². The minimum Gasteiger partial charge on any atom is -0.362 e. The van der Waals surface area contributed by atoms with Crippen LogP contribution in [0.3, 0.4) is 0 Å². The maximum absolute atomic E-state index is 12.1. The number of allylic oxidation sites excluding steroid dienone is 2. The van der Waals surface area contributed by atoms with E-state index in [0.29, 0.717) is 12.3 Å². The van der Waals surface area contributed by atoms with Crippen LogP contribution in [0.25, 0.3) is 0 Å². The van der Waals surface area contributed by atoms with Gasteiger partial charge in [0.2, 0.25) is 5.91 Å². The molecule has 1 aliphatic heterocycles. The second kappa shape index (κ2) is 7.31. The van der Waals surface area contributed by atoms with Gasteiger partial charge < -0.3 is 4.90 Å². The van der Waals surface area contributed by atoms with Crippen molar-refractivity contribution in [2.75, 3.05) is 18.0 Å². The Morgan fingerprint density at radius 3 is 2.83 bits per heavy atom. The quantitative estimate of drug-likeness (QED) is 0.660. The lowest BCUT2D eigenvalue weighted by molar-refractivity contribution is -0.128. The largest absolute Gasteiger partial charge is 0.362 e. The molecule has 0 aromatic heterocycles. The number of hydrazine groups is 1. The van der Waals surface area contributed by atoms with E-state index in [4.69, 9.17) is 0 Å². The van der Waals surface area contributed by atoms with Crippen LogP contribution in [0.15, 0.2) is 36.4 Å². The van der Waals surface area contributed by atoms with Crippen molar-refractivity contribution >= 4 is 17.5 Å². The summed E-state index contributed by atoms with van der Waals surface area (Å²) >= 11 is 0. The van der Waals surface area contributed by atoms with Crippen molar-refractivity contribution in [2.24, 2.45) is 5.92 Å². The highest BCUT2D eigenvalue weighted by atomic mass is 16.2. The number of amides is 2. The van der Waals surface area contributed by atoms with Crippen LogP contribution in [0, 0.1) is 5.92 Å². The molecule has 23 heavy (non-hydrogen) atoms. The summed E-state index contributed by atoms with van der Waals surface area (Å²) in [5.41, 5.74) is 7.46. The van der Waals surface area contributed by atoms with Crippen molar-refractivity contribution in [2.45, 2.75) is 32.1 Å². The Balaban J connectivity index is 1.46. The summed E-state index contributed by atoms with van der Waals surface area (Å²) in [4.78, 5) is 26.0. The molecule has 1 aromatic carbocycles. The molecule has 0 bridgehead atoms. The number of benzene rings is 1. The van der Waals surface area contributed by atoms with Gasteiger partial charge in [0.15, 0.2) is 0 Å². The fourth-order valence-corrected chi connectivity index (χ4v) is 3.28. The molecule has 2 N–H and O–H groups in total. The minimum atomic E-state index is -0.183. The van der Waals surface area contributed by atoms with Crippen LogP contribution in [0.5, 0.6) is 0 Å². The summed E-state index contributed by atoms with van der Waals surface area (Å²) in [5.74, 6) is -0.00756. The average molecular weight is 313 g/mol. The fourth-order valence-electron chi connectivity index (χ4n) is 3.28. The molecule has 0 saturated heterocycles. The van der Waals surface area contributed by atoms with Crippen LogP contribution in [0.1, 0.15) is 31.2 Å². The first kappa shape index (κ1) is 15.6. The number of para-hydroxylation sites is 1. The molecule has 1 aliphatic carbocycles. The topological polar surface area (TPSA) is 61.4 Å². The summed E-state index contributed by atoms with van der Waals surface area (Å²) in [7, 11) is 0. The predicted octanol–water partition coefficient (Wildman–Crippen LogP) is 1.94. The van der Waals surface area contributed by atoms with Gasteiger partial charge in [0.05, 0.1) is 6.54 Å². The molecule has 5 heteroatoms. The van der Waals surface area contributed by atoms with Gasteiger partial charge in [-0.3, -0.25) is 20.4 Å². The van der Waals surface area contributed by atoms with Crippen LogP contribution in [0.4, 0.5) is 5.69 Å². The molecule has 122 valence electrons. The Morgan fingerprint density at radius 2 is 2.00 bits per heavy atom. The third kappa shape index (κ3) is 4.12. The Bertz CT molecular complexity index is 612. The zero-order valence-corrected chi connectivity index (χ0v) is 13.3. The Morgan fingerprint density at radius 1 is 1.17 bits per heavy atom. The van der Waals surface area contributed by atoms with E-state index < -0.39 is 0 Å². The van der Waals surface area contributed by atoms with E-state index in [1.165, 1.54) is 5.56 Å². The molecule has 0 saturated carbocycles. The third-order valence-electron chi connectivity index (χ3n) is 4.44. The molecule has 1 atom stereocenters. The van der Waals surface area contributed by atoms with Crippen molar-refractivity contribution in [3.63, 3.8) is 0 Å².